The molecular formula is C18H16N4O4S. The van der Waals surface area contributed by atoms with E-state index in [1.807, 2.05) is 35.7 Å². The van der Waals surface area contributed by atoms with Crippen molar-refractivity contribution in [3.8, 4) is 22.8 Å². The standard InChI is InChI=1S/C18H16N4O4S/c1-25-15-8-9-16(26-2)17(22(23)24)13(15)10-19-21-18-20-14(11-27-18)12-6-4-3-5-7-12/h3-11H,1-2H3,(H,20,21). The van der Waals surface area contributed by atoms with Crippen LogP contribution < -0.4 is 14.9 Å². The Morgan fingerprint density at radius 3 is 2.52 bits per heavy atom. The maximum Gasteiger partial charge on any atom is 0.323 e. The molecule has 0 saturated carbocycles. The third-order valence-corrected chi connectivity index (χ3v) is 4.44. The van der Waals surface area contributed by atoms with Crippen LogP contribution in [0.3, 0.4) is 0 Å². The molecule has 0 atom stereocenters. The molecule has 3 rings (SSSR count). The van der Waals surface area contributed by atoms with Crippen LogP contribution in [-0.2, 0) is 0 Å². The van der Waals surface area contributed by atoms with Gasteiger partial charge >= 0.3 is 5.69 Å². The number of nitrogens with zero attached hydrogens (tertiary/aromatic N) is 3. The summed E-state index contributed by atoms with van der Waals surface area (Å²) >= 11 is 1.38. The van der Waals surface area contributed by atoms with Crippen molar-refractivity contribution in [3.63, 3.8) is 0 Å². The van der Waals surface area contributed by atoms with Gasteiger partial charge in [-0.1, -0.05) is 30.3 Å². The summed E-state index contributed by atoms with van der Waals surface area (Å²) < 4.78 is 10.3. The molecule has 0 radical (unpaired) electrons. The highest BCUT2D eigenvalue weighted by molar-refractivity contribution is 7.14. The van der Waals surface area contributed by atoms with Gasteiger partial charge in [-0.2, -0.15) is 5.10 Å². The molecule has 27 heavy (non-hydrogen) atoms. The van der Waals surface area contributed by atoms with Crippen LogP contribution in [0.1, 0.15) is 5.56 Å². The molecule has 1 heterocycles. The van der Waals surface area contributed by atoms with Gasteiger partial charge in [-0.05, 0) is 12.1 Å². The Balaban J connectivity index is 1.85. The minimum Gasteiger partial charge on any atom is -0.496 e. The first-order chi connectivity index (χ1) is 13.1. The zero-order valence-corrected chi connectivity index (χ0v) is 15.4. The Morgan fingerprint density at radius 2 is 1.85 bits per heavy atom. The summed E-state index contributed by atoms with van der Waals surface area (Å²) in [7, 11) is 2.80. The zero-order chi connectivity index (χ0) is 19.2. The second kappa shape index (κ2) is 8.28. The summed E-state index contributed by atoms with van der Waals surface area (Å²) in [6, 6.07) is 12.8. The van der Waals surface area contributed by atoms with Crippen molar-refractivity contribution in [2.45, 2.75) is 0 Å². The molecule has 0 spiro atoms. The molecule has 9 heteroatoms. The Morgan fingerprint density at radius 1 is 1.15 bits per heavy atom. The van der Waals surface area contributed by atoms with E-state index in [1.54, 1.807) is 6.07 Å². The van der Waals surface area contributed by atoms with Crippen LogP contribution in [0.5, 0.6) is 11.5 Å². The first-order valence-corrected chi connectivity index (χ1v) is 8.71. The Labute approximate surface area is 159 Å². The highest BCUT2D eigenvalue weighted by Crippen LogP contribution is 2.35. The lowest BCUT2D eigenvalue weighted by atomic mass is 10.1. The summed E-state index contributed by atoms with van der Waals surface area (Å²) in [6.07, 6.45) is 1.32. The lowest BCUT2D eigenvalue weighted by Gasteiger charge is -2.08. The second-order valence-electron chi connectivity index (χ2n) is 5.26. The van der Waals surface area contributed by atoms with Gasteiger partial charge in [0.2, 0.25) is 5.13 Å². The monoisotopic (exact) mass is 384 g/mol. The van der Waals surface area contributed by atoms with Crippen molar-refractivity contribution >= 4 is 28.4 Å². The van der Waals surface area contributed by atoms with Crippen molar-refractivity contribution < 1.29 is 14.4 Å². The number of anilines is 1. The van der Waals surface area contributed by atoms with Crippen LogP contribution in [0.25, 0.3) is 11.3 Å². The van der Waals surface area contributed by atoms with Gasteiger partial charge in [-0.15, -0.1) is 11.3 Å². The van der Waals surface area contributed by atoms with E-state index >= 15 is 0 Å². The average Bonchev–Trinajstić information content (AvgIpc) is 3.17. The van der Waals surface area contributed by atoms with Gasteiger partial charge in [-0.25, -0.2) is 4.98 Å². The third-order valence-electron chi connectivity index (χ3n) is 3.69. The van der Waals surface area contributed by atoms with E-state index < -0.39 is 4.92 Å². The summed E-state index contributed by atoms with van der Waals surface area (Å²) in [4.78, 5) is 15.4. The van der Waals surface area contributed by atoms with Crippen molar-refractivity contribution in [2.24, 2.45) is 5.10 Å². The summed E-state index contributed by atoms with van der Waals surface area (Å²) in [6.45, 7) is 0. The number of rotatable bonds is 7. The van der Waals surface area contributed by atoms with E-state index in [0.29, 0.717) is 10.9 Å². The van der Waals surface area contributed by atoms with Crippen LogP contribution >= 0.6 is 11.3 Å². The lowest BCUT2D eigenvalue weighted by Crippen LogP contribution is -2.02. The molecule has 0 aliphatic carbocycles. The second-order valence-corrected chi connectivity index (χ2v) is 6.12. The third kappa shape index (κ3) is 4.04. The summed E-state index contributed by atoms with van der Waals surface area (Å²) in [5.41, 5.74) is 4.60. The van der Waals surface area contributed by atoms with Gasteiger partial charge in [0.1, 0.15) is 11.3 Å². The number of ether oxygens (including phenoxy) is 2. The molecule has 3 aromatic rings. The molecule has 138 valence electrons. The van der Waals surface area contributed by atoms with Crippen molar-refractivity contribution in [2.75, 3.05) is 19.6 Å². The molecule has 0 amide bonds. The molecule has 0 aliphatic rings. The zero-order valence-electron chi connectivity index (χ0n) is 14.6. The van der Waals surface area contributed by atoms with E-state index in [4.69, 9.17) is 9.47 Å². The first-order valence-electron chi connectivity index (χ1n) is 7.83. The smallest absolute Gasteiger partial charge is 0.323 e. The van der Waals surface area contributed by atoms with Crippen molar-refractivity contribution in [1.29, 1.82) is 0 Å². The first kappa shape index (κ1) is 18.3. The Bertz CT molecular complexity index is 973. The van der Waals surface area contributed by atoms with E-state index in [-0.39, 0.29) is 17.0 Å². The fraction of sp³-hybridized carbons (Fsp3) is 0.111. The van der Waals surface area contributed by atoms with Crippen LogP contribution in [0, 0.1) is 10.1 Å². The quantitative estimate of drug-likeness (QED) is 0.373. The highest BCUT2D eigenvalue weighted by atomic mass is 32.1. The number of nitro benzene ring substituents is 1. The molecule has 0 saturated heterocycles. The van der Waals surface area contributed by atoms with Gasteiger partial charge in [0.05, 0.1) is 31.1 Å². The molecule has 0 fully saturated rings. The van der Waals surface area contributed by atoms with E-state index in [0.717, 1.165) is 11.3 Å². The largest absolute Gasteiger partial charge is 0.496 e. The molecular weight excluding hydrogens is 368 g/mol. The van der Waals surface area contributed by atoms with Crippen LogP contribution in [0.2, 0.25) is 0 Å². The van der Waals surface area contributed by atoms with E-state index in [2.05, 4.69) is 15.5 Å². The number of nitro groups is 1. The number of hydrogen-bond acceptors (Lipinski definition) is 8. The lowest BCUT2D eigenvalue weighted by molar-refractivity contribution is -0.385. The molecule has 0 aliphatic heterocycles. The molecule has 0 unspecified atom stereocenters. The Kier molecular flexibility index (Phi) is 5.62. The minimum absolute atomic E-state index is 0.128. The summed E-state index contributed by atoms with van der Waals surface area (Å²) in [5, 5.41) is 18.0. The maximum atomic E-state index is 11.4. The molecule has 2 aromatic carbocycles. The number of hydrazone groups is 1. The average molecular weight is 384 g/mol. The molecule has 1 N–H and O–H groups in total. The van der Waals surface area contributed by atoms with Gasteiger partial charge in [-0.3, -0.25) is 15.5 Å². The number of methoxy groups -OCH3 is 2. The van der Waals surface area contributed by atoms with Gasteiger partial charge in [0.15, 0.2) is 5.75 Å². The fourth-order valence-electron chi connectivity index (χ4n) is 2.44. The number of nitrogens with one attached hydrogen (secondary N) is 1. The van der Waals surface area contributed by atoms with E-state index in [9.17, 15) is 10.1 Å². The van der Waals surface area contributed by atoms with Gasteiger partial charge in [0, 0.05) is 10.9 Å². The SMILES string of the molecule is COc1ccc(OC)c([N+](=O)[O-])c1C=NNc1nc(-c2ccccc2)cs1. The maximum absolute atomic E-state index is 11.4. The van der Waals surface area contributed by atoms with E-state index in [1.165, 1.54) is 37.8 Å². The van der Waals surface area contributed by atoms with Crippen LogP contribution in [0.15, 0.2) is 52.9 Å². The van der Waals surface area contributed by atoms with Crippen molar-refractivity contribution in [3.05, 3.63) is 63.5 Å². The molecule has 8 nitrogen and oxygen atoms in total. The normalized spacial score (nSPS) is 10.7. The number of aromatic nitrogens is 1. The predicted molar refractivity (Wildman–Crippen MR) is 105 cm³/mol. The van der Waals surface area contributed by atoms with Gasteiger partial charge in [0.25, 0.3) is 0 Å². The highest BCUT2D eigenvalue weighted by Gasteiger charge is 2.23. The Hall–Kier alpha value is -3.46. The van der Waals surface area contributed by atoms with Crippen LogP contribution in [-0.4, -0.2) is 30.3 Å². The number of benzene rings is 2. The van der Waals surface area contributed by atoms with Crippen molar-refractivity contribution in [1.82, 2.24) is 4.98 Å². The number of thiazole rings is 1. The molecule has 1 aromatic heterocycles. The molecule has 0 bridgehead atoms. The minimum atomic E-state index is -0.528. The topological polar surface area (TPSA) is 98.9 Å². The summed E-state index contributed by atoms with van der Waals surface area (Å²) in [5.74, 6) is 0.444. The fourth-order valence-corrected chi connectivity index (χ4v) is 3.11. The predicted octanol–water partition coefficient (Wildman–Crippen LogP) is 4.18. The van der Waals surface area contributed by atoms with Crippen LogP contribution in [0.4, 0.5) is 10.8 Å². The van der Waals surface area contributed by atoms with Gasteiger partial charge < -0.3 is 9.47 Å². The number of hydrogen-bond donors (Lipinski definition) is 1.